The van der Waals surface area contributed by atoms with E-state index in [-0.39, 0.29) is 18.1 Å². The molecule has 0 radical (unpaired) electrons. The average molecular weight is 249 g/mol. The SMILES string of the molecule is O=C(N[C@H]1CCCC[C@@H]1O)C1C2C3CCC(C3)C12. The lowest BCUT2D eigenvalue weighted by molar-refractivity contribution is -0.125. The number of rotatable bonds is 2. The Balaban J connectivity index is 1.38. The van der Waals surface area contributed by atoms with Crippen molar-refractivity contribution >= 4 is 5.91 Å². The lowest BCUT2D eigenvalue weighted by atomic mass is 9.92. The summed E-state index contributed by atoms with van der Waals surface area (Å²) in [6, 6.07) is 0.0326. The maximum atomic E-state index is 12.3. The Kier molecular flexibility index (Phi) is 2.48. The smallest absolute Gasteiger partial charge is 0.224 e. The third-order valence-corrected chi connectivity index (χ3v) is 6.10. The van der Waals surface area contributed by atoms with Crippen LogP contribution in [0.2, 0.25) is 0 Å². The third-order valence-electron chi connectivity index (χ3n) is 6.10. The topological polar surface area (TPSA) is 49.3 Å². The lowest BCUT2D eigenvalue weighted by Gasteiger charge is -2.28. The van der Waals surface area contributed by atoms with Crippen LogP contribution in [0.3, 0.4) is 0 Å². The zero-order chi connectivity index (χ0) is 12.3. The van der Waals surface area contributed by atoms with Crippen LogP contribution in [0, 0.1) is 29.6 Å². The molecule has 0 heterocycles. The second-order valence-electron chi connectivity index (χ2n) is 6.98. The van der Waals surface area contributed by atoms with Gasteiger partial charge in [0.2, 0.25) is 5.91 Å². The molecule has 4 fully saturated rings. The van der Waals surface area contributed by atoms with E-state index in [4.69, 9.17) is 0 Å². The molecule has 4 unspecified atom stereocenters. The first kappa shape index (κ1) is 11.3. The molecule has 4 rings (SSSR count). The number of hydrogen-bond donors (Lipinski definition) is 2. The van der Waals surface area contributed by atoms with Gasteiger partial charge in [-0.25, -0.2) is 0 Å². The van der Waals surface area contributed by atoms with Gasteiger partial charge >= 0.3 is 0 Å². The van der Waals surface area contributed by atoms with Gasteiger partial charge < -0.3 is 10.4 Å². The number of aliphatic hydroxyl groups is 1. The minimum absolute atomic E-state index is 0.0326. The van der Waals surface area contributed by atoms with E-state index in [0.29, 0.717) is 17.8 Å². The van der Waals surface area contributed by atoms with E-state index in [9.17, 15) is 9.90 Å². The van der Waals surface area contributed by atoms with E-state index in [0.717, 1.165) is 37.5 Å². The lowest BCUT2D eigenvalue weighted by Crippen LogP contribution is -2.46. The second-order valence-corrected chi connectivity index (χ2v) is 6.98. The van der Waals surface area contributed by atoms with Crippen molar-refractivity contribution in [3.8, 4) is 0 Å². The Bertz CT molecular complexity index is 354. The molecule has 1 amide bonds. The van der Waals surface area contributed by atoms with Crippen molar-refractivity contribution in [2.24, 2.45) is 29.6 Å². The normalized spacial score (nSPS) is 53.1. The molecule has 0 aromatic rings. The van der Waals surface area contributed by atoms with Gasteiger partial charge in [0.15, 0.2) is 0 Å². The van der Waals surface area contributed by atoms with Gasteiger partial charge in [-0.2, -0.15) is 0 Å². The molecule has 0 aliphatic heterocycles. The van der Waals surface area contributed by atoms with Gasteiger partial charge in [-0.05, 0) is 55.8 Å². The second kappa shape index (κ2) is 3.96. The number of amides is 1. The highest BCUT2D eigenvalue weighted by Crippen LogP contribution is 2.69. The van der Waals surface area contributed by atoms with Gasteiger partial charge in [-0.15, -0.1) is 0 Å². The quantitative estimate of drug-likeness (QED) is 0.782. The van der Waals surface area contributed by atoms with Gasteiger partial charge in [0, 0.05) is 5.92 Å². The van der Waals surface area contributed by atoms with Gasteiger partial charge in [0.05, 0.1) is 12.1 Å². The van der Waals surface area contributed by atoms with Crippen LogP contribution in [-0.4, -0.2) is 23.2 Å². The summed E-state index contributed by atoms with van der Waals surface area (Å²) in [5.41, 5.74) is 0. The molecule has 0 spiro atoms. The van der Waals surface area contributed by atoms with E-state index in [1.807, 2.05) is 0 Å². The first-order chi connectivity index (χ1) is 8.75. The summed E-state index contributed by atoms with van der Waals surface area (Å²) in [6.45, 7) is 0. The molecular weight excluding hydrogens is 226 g/mol. The van der Waals surface area contributed by atoms with Crippen LogP contribution in [0.15, 0.2) is 0 Å². The van der Waals surface area contributed by atoms with E-state index in [1.165, 1.54) is 19.3 Å². The van der Waals surface area contributed by atoms with E-state index in [2.05, 4.69) is 5.32 Å². The molecule has 18 heavy (non-hydrogen) atoms. The zero-order valence-corrected chi connectivity index (χ0v) is 10.8. The molecule has 6 atom stereocenters. The van der Waals surface area contributed by atoms with Crippen molar-refractivity contribution in [1.82, 2.24) is 5.32 Å². The van der Waals surface area contributed by atoms with Crippen LogP contribution in [0.1, 0.15) is 44.9 Å². The fourth-order valence-corrected chi connectivity index (χ4v) is 5.23. The summed E-state index contributed by atoms with van der Waals surface area (Å²) in [5, 5.41) is 13.1. The first-order valence-electron chi connectivity index (χ1n) is 7.74. The molecule has 4 aliphatic rings. The molecule has 3 nitrogen and oxygen atoms in total. The van der Waals surface area contributed by atoms with Crippen molar-refractivity contribution in [2.75, 3.05) is 0 Å². The third kappa shape index (κ3) is 1.56. The minimum Gasteiger partial charge on any atom is -0.391 e. The Morgan fingerprint density at radius 3 is 2.33 bits per heavy atom. The Morgan fingerprint density at radius 1 is 1.00 bits per heavy atom. The van der Waals surface area contributed by atoms with Gasteiger partial charge in [0.25, 0.3) is 0 Å². The summed E-state index contributed by atoms with van der Waals surface area (Å²) in [7, 11) is 0. The van der Waals surface area contributed by atoms with Gasteiger partial charge in [-0.1, -0.05) is 12.8 Å². The maximum Gasteiger partial charge on any atom is 0.224 e. The summed E-state index contributed by atoms with van der Waals surface area (Å²) in [4.78, 5) is 12.3. The summed E-state index contributed by atoms with van der Waals surface area (Å²) in [5.74, 6) is 3.70. The van der Waals surface area contributed by atoms with Crippen LogP contribution >= 0.6 is 0 Å². The standard InChI is InChI=1S/C15H23NO2/c17-11-4-2-1-3-10(11)16-15(18)14-12-8-5-6-9(7-8)13(12)14/h8-14,17H,1-7H2,(H,16,18)/t8?,9?,10-,11-,12?,13?,14?/m0/s1. The highest BCUT2D eigenvalue weighted by molar-refractivity contribution is 5.83. The van der Waals surface area contributed by atoms with Gasteiger partial charge in [0.1, 0.15) is 0 Å². The number of carbonyl (C=O) groups excluding carboxylic acids is 1. The molecule has 2 N–H and O–H groups in total. The van der Waals surface area contributed by atoms with Crippen LogP contribution < -0.4 is 5.32 Å². The summed E-state index contributed by atoms with van der Waals surface area (Å²) in [6.07, 6.45) is 7.87. The molecule has 0 aromatic heterocycles. The monoisotopic (exact) mass is 249 g/mol. The molecule has 4 saturated carbocycles. The number of aliphatic hydroxyl groups excluding tert-OH is 1. The highest BCUT2D eigenvalue weighted by Gasteiger charge is 2.67. The van der Waals surface area contributed by atoms with E-state index < -0.39 is 0 Å². The highest BCUT2D eigenvalue weighted by atomic mass is 16.3. The van der Waals surface area contributed by atoms with Crippen LogP contribution in [0.4, 0.5) is 0 Å². The Hall–Kier alpha value is -0.570. The first-order valence-corrected chi connectivity index (χ1v) is 7.74. The van der Waals surface area contributed by atoms with Crippen LogP contribution in [0.25, 0.3) is 0 Å². The zero-order valence-electron chi connectivity index (χ0n) is 10.8. The predicted octanol–water partition coefficient (Wildman–Crippen LogP) is 1.70. The molecule has 2 bridgehead atoms. The van der Waals surface area contributed by atoms with E-state index >= 15 is 0 Å². The molecular formula is C15H23NO2. The Labute approximate surface area is 108 Å². The van der Waals surface area contributed by atoms with E-state index in [1.54, 1.807) is 0 Å². The van der Waals surface area contributed by atoms with Crippen LogP contribution in [-0.2, 0) is 4.79 Å². The molecule has 3 heteroatoms. The number of fused-ring (bicyclic) bond motifs is 5. The average Bonchev–Trinajstić information content (AvgIpc) is 2.82. The van der Waals surface area contributed by atoms with Crippen molar-refractivity contribution in [3.05, 3.63) is 0 Å². The maximum absolute atomic E-state index is 12.3. The van der Waals surface area contributed by atoms with Crippen molar-refractivity contribution in [3.63, 3.8) is 0 Å². The van der Waals surface area contributed by atoms with Crippen molar-refractivity contribution in [2.45, 2.75) is 57.1 Å². The van der Waals surface area contributed by atoms with Gasteiger partial charge in [-0.3, -0.25) is 4.79 Å². The molecule has 0 aromatic carbocycles. The number of hydrogen-bond acceptors (Lipinski definition) is 2. The molecule has 0 saturated heterocycles. The summed E-state index contributed by atoms with van der Waals surface area (Å²) < 4.78 is 0. The molecule has 100 valence electrons. The largest absolute Gasteiger partial charge is 0.391 e. The fourth-order valence-electron chi connectivity index (χ4n) is 5.23. The number of carbonyl (C=O) groups is 1. The predicted molar refractivity (Wildman–Crippen MR) is 67.7 cm³/mol. The fraction of sp³-hybridized carbons (Fsp3) is 0.933. The summed E-state index contributed by atoms with van der Waals surface area (Å²) >= 11 is 0. The van der Waals surface area contributed by atoms with Crippen molar-refractivity contribution in [1.29, 1.82) is 0 Å². The molecule has 4 aliphatic carbocycles. The van der Waals surface area contributed by atoms with Crippen LogP contribution in [0.5, 0.6) is 0 Å². The minimum atomic E-state index is -0.307. The number of nitrogens with one attached hydrogen (secondary N) is 1. The Morgan fingerprint density at radius 2 is 1.67 bits per heavy atom. The van der Waals surface area contributed by atoms with Crippen molar-refractivity contribution < 1.29 is 9.90 Å².